The van der Waals surface area contributed by atoms with Crippen LogP contribution in [0.4, 0.5) is 0 Å². The second-order valence-electron chi connectivity index (χ2n) is 5.75. The number of rotatable bonds is 9. The van der Waals surface area contributed by atoms with Crippen LogP contribution in [0.5, 0.6) is 5.75 Å². The molecule has 27 heavy (non-hydrogen) atoms. The Hall–Kier alpha value is -2.98. The highest BCUT2D eigenvalue weighted by Crippen LogP contribution is 2.29. The van der Waals surface area contributed by atoms with Gasteiger partial charge >= 0.3 is 0 Å². The Balaban J connectivity index is 2.27. The molecule has 0 aliphatic carbocycles. The number of hydrogen-bond acceptors (Lipinski definition) is 5. The van der Waals surface area contributed by atoms with Crippen LogP contribution in [0.2, 0.25) is 0 Å². The smallest absolute Gasteiger partial charge is 0.249 e. The summed E-state index contributed by atoms with van der Waals surface area (Å²) in [6, 6.07) is 16.6. The Morgan fingerprint density at radius 1 is 1.26 bits per heavy atom. The summed E-state index contributed by atoms with van der Waals surface area (Å²) in [7, 11) is 1.51. The molecule has 7 heteroatoms. The lowest BCUT2D eigenvalue weighted by Crippen LogP contribution is -2.32. The van der Waals surface area contributed by atoms with Crippen LogP contribution in [0, 0.1) is 11.3 Å². The first-order chi connectivity index (χ1) is 13.1. The SMILES string of the molecule is COc1ccc(C(N)=O)c(C(CSCc2ccccc2)C(=O)NCC#N)c1. The molecule has 2 aromatic carbocycles. The Bertz CT molecular complexity index is 834. The number of carbonyl (C=O) groups is 2. The van der Waals surface area contributed by atoms with Crippen LogP contribution >= 0.6 is 11.8 Å². The van der Waals surface area contributed by atoms with Gasteiger partial charge in [-0.05, 0) is 29.3 Å². The van der Waals surface area contributed by atoms with Crippen LogP contribution < -0.4 is 15.8 Å². The summed E-state index contributed by atoms with van der Waals surface area (Å²) in [5.74, 6) is 0.107. The van der Waals surface area contributed by atoms with Crippen molar-refractivity contribution in [2.45, 2.75) is 11.7 Å². The normalized spacial score (nSPS) is 11.3. The third-order valence-corrected chi connectivity index (χ3v) is 5.06. The summed E-state index contributed by atoms with van der Waals surface area (Å²) in [5, 5.41) is 11.3. The molecule has 0 saturated heterocycles. The van der Waals surface area contributed by atoms with Gasteiger partial charge in [-0.3, -0.25) is 9.59 Å². The first-order valence-electron chi connectivity index (χ1n) is 8.31. The average Bonchev–Trinajstić information content (AvgIpc) is 2.69. The van der Waals surface area contributed by atoms with Gasteiger partial charge < -0.3 is 15.8 Å². The maximum atomic E-state index is 12.7. The van der Waals surface area contributed by atoms with Crippen molar-refractivity contribution < 1.29 is 14.3 Å². The molecular formula is C20H21N3O3S. The van der Waals surface area contributed by atoms with E-state index in [0.29, 0.717) is 17.1 Å². The fourth-order valence-electron chi connectivity index (χ4n) is 2.61. The van der Waals surface area contributed by atoms with Gasteiger partial charge in [0.1, 0.15) is 12.3 Å². The highest BCUT2D eigenvalue weighted by Gasteiger charge is 2.25. The van der Waals surface area contributed by atoms with Gasteiger partial charge in [-0.1, -0.05) is 30.3 Å². The predicted octanol–water partition coefficient (Wildman–Crippen LogP) is 2.45. The largest absolute Gasteiger partial charge is 0.497 e. The van der Waals surface area contributed by atoms with Gasteiger partial charge in [0.15, 0.2) is 0 Å². The summed E-state index contributed by atoms with van der Waals surface area (Å²) < 4.78 is 5.23. The molecule has 0 aliphatic heterocycles. The Morgan fingerprint density at radius 2 is 2.00 bits per heavy atom. The number of ether oxygens (including phenoxy) is 1. The molecule has 6 nitrogen and oxygen atoms in total. The Morgan fingerprint density at radius 3 is 2.63 bits per heavy atom. The van der Waals surface area contributed by atoms with Crippen molar-refractivity contribution >= 4 is 23.6 Å². The lowest BCUT2D eigenvalue weighted by atomic mass is 9.94. The number of benzene rings is 2. The van der Waals surface area contributed by atoms with Gasteiger partial charge in [0, 0.05) is 17.1 Å². The van der Waals surface area contributed by atoms with Gasteiger partial charge in [0.2, 0.25) is 11.8 Å². The van der Waals surface area contributed by atoms with Crippen molar-refractivity contribution in [3.05, 3.63) is 65.2 Å². The number of carbonyl (C=O) groups excluding carboxylic acids is 2. The number of amides is 2. The molecule has 0 aromatic heterocycles. The summed E-state index contributed by atoms with van der Waals surface area (Å²) >= 11 is 1.57. The molecule has 2 rings (SSSR count). The Labute approximate surface area is 162 Å². The maximum Gasteiger partial charge on any atom is 0.249 e. The topological polar surface area (TPSA) is 105 Å². The zero-order valence-electron chi connectivity index (χ0n) is 15.0. The summed E-state index contributed by atoms with van der Waals surface area (Å²) in [6.07, 6.45) is 0. The van der Waals surface area contributed by atoms with E-state index in [1.54, 1.807) is 30.0 Å². The number of nitrogens with one attached hydrogen (secondary N) is 1. The van der Waals surface area contributed by atoms with Crippen LogP contribution in [0.15, 0.2) is 48.5 Å². The van der Waals surface area contributed by atoms with Gasteiger partial charge in [-0.25, -0.2) is 0 Å². The number of hydrogen-bond donors (Lipinski definition) is 2. The van der Waals surface area contributed by atoms with Crippen molar-refractivity contribution in [3.63, 3.8) is 0 Å². The standard InChI is InChI=1S/C20H21N3O3S/c1-26-15-7-8-16(19(22)24)17(11-15)18(20(25)23-10-9-21)13-27-12-14-5-3-2-4-6-14/h2-8,11,18H,10,12-13H2,1H3,(H2,22,24)(H,23,25). The third-order valence-electron chi connectivity index (χ3n) is 3.95. The van der Waals surface area contributed by atoms with E-state index in [9.17, 15) is 9.59 Å². The molecule has 0 bridgehead atoms. The molecular weight excluding hydrogens is 362 g/mol. The molecule has 0 fully saturated rings. The van der Waals surface area contributed by atoms with E-state index in [2.05, 4.69) is 5.32 Å². The van der Waals surface area contributed by atoms with Crippen molar-refractivity contribution in [2.75, 3.05) is 19.4 Å². The molecule has 3 N–H and O–H groups in total. The molecule has 1 atom stereocenters. The number of thioether (sulfide) groups is 1. The van der Waals surface area contributed by atoms with E-state index >= 15 is 0 Å². The van der Waals surface area contributed by atoms with Gasteiger partial charge in [-0.15, -0.1) is 0 Å². The van der Waals surface area contributed by atoms with E-state index in [1.165, 1.54) is 7.11 Å². The first kappa shape index (κ1) is 20.3. The van der Waals surface area contributed by atoms with Gasteiger partial charge in [-0.2, -0.15) is 17.0 Å². The van der Waals surface area contributed by atoms with Crippen LogP contribution in [0.3, 0.4) is 0 Å². The third kappa shape index (κ3) is 5.76. The molecule has 2 amide bonds. The minimum atomic E-state index is -0.635. The van der Waals surface area contributed by atoms with Crippen molar-refractivity contribution in [2.24, 2.45) is 5.73 Å². The molecule has 140 valence electrons. The number of nitrogens with two attached hydrogens (primary N) is 1. The molecule has 1 unspecified atom stereocenters. The van der Waals surface area contributed by atoms with Crippen LogP contribution in [-0.4, -0.2) is 31.2 Å². The highest BCUT2D eigenvalue weighted by atomic mass is 32.2. The number of nitrogens with zero attached hydrogens (tertiary/aromatic N) is 1. The second kappa shape index (κ2) is 10.2. The van der Waals surface area contributed by atoms with Crippen LogP contribution in [0.1, 0.15) is 27.4 Å². The average molecular weight is 383 g/mol. The predicted molar refractivity (Wildman–Crippen MR) is 105 cm³/mol. The number of nitriles is 1. The quantitative estimate of drug-likeness (QED) is 0.647. The molecule has 0 spiro atoms. The number of methoxy groups -OCH3 is 1. The highest BCUT2D eigenvalue weighted by molar-refractivity contribution is 7.98. The van der Waals surface area contributed by atoms with Crippen molar-refractivity contribution in [1.29, 1.82) is 5.26 Å². The van der Waals surface area contributed by atoms with E-state index in [-0.39, 0.29) is 18.0 Å². The van der Waals surface area contributed by atoms with Crippen molar-refractivity contribution in [1.82, 2.24) is 5.32 Å². The lowest BCUT2D eigenvalue weighted by molar-refractivity contribution is -0.121. The fourth-order valence-corrected chi connectivity index (χ4v) is 3.72. The maximum absolute atomic E-state index is 12.7. The second-order valence-corrected chi connectivity index (χ2v) is 6.78. The van der Waals surface area contributed by atoms with E-state index in [1.807, 2.05) is 36.4 Å². The van der Waals surface area contributed by atoms with Crippen LogP contribution in [0.25, 0.3) is 0 Å². The van der Waals surface area contributed by atoms with Gasteiger partial charge in [0.05, 0.1) is 19.1 Å². The zero-order chi connectivity index (χ0) is 19.6. The van der Waals surface area contributed by atoms with Crippen LogP contribution in [-0.2, 0) is 10.5 Å². The molecule has 2 aromatic rings. The minimum absolute atomic E-state index is 0.103. The monoisotopic (exact) mass is 383 g/mol. The summed E-state index contributed by atoms with van der Waals surface area (Å²) in [5.41, 5.74) is 7.40. The molecule has 0 saturated carbocycles. The molecule has 0 radical (unpaired) electrons. The lowest BCUT2D eigenvalue weighted by Gasteiger charge is -2.19. The minimum Gasteiger partial charge on any atom is -0.497 e. The molecule has 0 heterocycles. The summed E-state index contributed by atoms with van der Waals surface area (Å²) in [4.78, 5) is 24.5. The first-order valence-corrected chi connectivity index (χ1v) is 9.46. The molecule has 0 aliphatic rings. The van der Waals surface area contributed by atoms with E-state index in [0.717, 1.165) is 11.3 Å². The number of primary amides is 1. The summed E-state index contributed by atoms with van der Waals surface area (Å²) in [6.45, 7) is -0.103. The van der Waals surface area contributed by atoms with E-state index < -0.39 is 11.8 Å². The van der Waals surface area contributed by atoms with E-state index in [4.69, 9.17) is 15.7 Å². The van der Waals surface area contributed by atoms with Gasteiger partial charge in [0.25, 0.3) is 0 Å². The van der Waals surface area contributed by atoms with Crippen molar-refractivity contribution in [3.8, 4) is 11.8 Å². The zero-order valence-corrected chi connectivity index (χ0v) is 15.8. The Kier molecular flexibility index (Phi) is 7.71. The fraction of sp³-hybridized carbons (Fsp3) is 0.250.